The molecule has 0 saturated heterocycles. The normalized spacial score (nSPS) is 16.1. The summed E-state index contributed by atoms with van der Waals surface area (Å²) >= 11 is 0. The standard InChI is InChI=1S/C25H26O/c1-3-7-24-22(15-17-25(24)21-8-5-4-6-9-21)14-16-23(26)18-20-12-10-19(2)11-13-20/h3-6,8-13,15,17,24H,1,7,14,16,18H2,2H3. The molecule has 0 radical (unpaired) electrons. The third kappa shape index (κ3) is 4.49. The number of Topliss-reactive ketones (excluding diaryl/α,β-unsaturated/α-hetero) is 1. The predicted molar refractivity (Wildman–Crippen MR) is 110 cm³/mol. The molecule has 132 valence electrons. The van der Waals surface area contributed by atoms with Crippen molar-refractivity contribution in [3.8, 4) is 0 Å². The average molecular weight is 342 g/mol. The maximum Gasteiger partial charge on any atom is 0.137 e. The number of benzene rings is 2. The first-order valence-electron chi connectivity index (χ1n) is 9.31. The van der Waals surface area contributed by atoms with E-state index in [1.54, 1.807) is 0 Å². The zero-order valence-corrected chi connectivity index (χ0v) is 15.4. The SMILES string of the molecule is C=CCC1C(CCC(=O)Cc2ccc(C)cc2)=CC=C1c1ccccc1. The minimum Gasteiger partial charge on any atom is -0.299 e. The van der Waals surface area contributed by atoms with Gasteiger partial charge in [-0.05, 0) is 36.5 Å². The molecule has 0 N–H and O–H groups in total. The molecule has 1 unspecified atom stereocenters. The molecule has 26 heavy (non-hydrogen) atoms. The van der Waals surface area contributed by atoms with Crippen LogP contribution >= 0.6 is 0 Å². The summed E-state index contributed by atoms with van der Waals surface area (Å²) in [6.07, 6.45) is 9.27. The van der Waals surface area contributed by atoms with Crippen molar-refractivity contribution in [2.75, 3.05) is 0 Å². The second-order valence-electron chi connectivity index (χ2n) is 7.01. The van der Waals surface area contributed by atoms with Gasteiger partial charge >= 0.3 is 0 Å². The van der Waals surface area contributed by atoms with Gasteiger partial charge in [0.25, 0.3) is 0 Å². The first kappa shape index (κ1) is 18.1. The number of allylic oxidation sites excluding steroid dienone is 5. The lowest BCUT2D eigenvalue weighted by Crippen LogP contribution is -2.07. The van der Waals surface area contributed by atoms with Gasteiger partial charge in [0.1, 0.15) is 5.78 Å². The van der Waals surface area contributed by atoms with Crippen LogP contribution < -0.4 is 0 Å². The summed E-state index contributed by atoms with van der Waals surface area (Å²) in [5, 5.41) is 0. The fourth-order valence-electron chi connectivity index (χ4n) is 3.57. The Morgan fingerprint density at radius 2 is 1.77 bits per heavy atom. The van der Waals surface area contributed by atoms with Crippen molar-refractivity contribution < 1.29 is 4.79 Å². The third-order valence-corrected chi connectivity index (χ3v) is 5.02. The van der Waals surface area contributed by atoms with Gasteiger partial charge < -0.3 is 0 Å². The van der Waals surface area contributed by atoms with Crippen molar-refractivity contribution in [3.63, 3.8) is 0 Å². The Morgan fingerprint density at radius 1 is 1.04 bits per heavy atom. The largest absolute Gasteiger partial charge is 0.299 e. The van der Waals surface area contributed by atoms with Crippen LogP contribution in [0.5, 0.6) is 0 Å². The molecular formula is C25H26O. The molecule has 2 aromatic carbocycles. The van der Waals surface area contributed by atoms with Crippen LogP contribution in [-0.4, -0.2) is 5.78 Å². The van der Waals surface area contributed by atoms with Gasteiger partial charge in [0.2, 0.25) is 0 Å². The zero-order chi connectivity index (χ0) is 18.4. The molecule has 1 heteroatoms. The second-order valence-corrected chi connectivity index (χ2v) is 7.01. The third-order valence-electron chi connectivity index (χ3n) is 5.02. The Kier molecular flexibility index (Phi) is 6.01. The van der Waals surface area contributed by atoms with Crippen molar-refractivity contribution >= 4 is 11.4 Å². The summed E-state index contributed by atoms with van der Waals surface area (Å²) in [6, 6.07) is 18.7. The van der Waals surface area contributed by atoms with E-state index in [0.29, 0.717) is 24.5 Å². The molecule has 0 heterocycles. The van der Waals surface area contributed by atoms with Gasteiger partial charge in [-0.1, -0.05) is 84.0 Å². The van der Waals surface area contributed by atoms with Gasteiger partial charge in [-0.3, -0.25) is 4.79 Å². The van der Waals surface area contributed by atoms with Gasteiger partial charge in [0.05, 0.1) is 0 Å². The zero-order valence-electron chi connectivity index (χ0n) is 15.4. The van der Waals surface area contributed by atoms with E-state index in [0.717, 1.165) is 18.4 Å². The van der Waals surface area contributed by atoms with Crippen LogP contribution in [0.15, 0.2) is 85.0 Å². The molecule has 1 atom stereocenters. The Morgan fingerprint density at radius 3 is 2.46 bits per heavy atom. The van der Waals surface area contributed by atoms with E-state index < -0.39 is 0 Å². The van der Waals surface area contributed by atoms with Crippen molar-refractivity contribution in [2.45, 2.75) is 32.6 Å². The number of rotatable bonds is 8. The van der Waals surface area contributed by atoms with E-state index in [9.17, 15) is 4.79 Å². The van der Waals surface area contributed by atoms with Crippen molar-refractivity contribution in [1.29, 1.82) is 0 Å². The number of hydrogen-bond donors (Lipinski definition) is 0. The van der Waals surface area contributed by atoms with Crippen LogP contribution in [0.2, 0.25) is 0 Å². The molecule has 1 aliphatic carbocycles. The van der Waals surface area contributed by atoms with E-state index in [1.807, 2.05) is 12.1 Å². The minimum atomic E-state index is 0.306. The van der Waals surface area contributed by atoms with Crippen molar-refractivity contribution in [3.05, 3.63) is 102 Å². The van der Waals surface area contributed by atoms with Crippen LogP contribution in [0.4, 0.5) is 0 Å². The Bertz CT molecular complexity index is 822. The molecular weight excluding hydrogens is 316 g/mol. The number of hydrogen-bond acceptors (Lipinski definition) is 1. The number of aryl methyl sites for hydroxylation is 1. The summed E-state index contributed by atoms with van der Waals surface area (Å²) in [4.78, 5) is 12.4. The van der Waals surface area contributed by atoms with Gasteiger partial charge in [0.15, 0.2) is 0 Å². The highest BCUT2D eigenvalue weighted by Gasteiger charge is 2.23. The van der Waals surface area contributed by atoms with Crippen LogP contribution in [0.3, 0.4) is 0 Å². The molecule has 1 nitrogen and oxygen atoms in total. The molecule has 0 fully saturated rings. The van der Waals surface area contributed by atoms with Crippen LogP contribution in [0, 0.1) is 12.8 Å². The quantitative estimate of drug-likeness (QED) is 0.530. The predicted octanol–water partition coefficient (Wildman–Crippen LogP) is 6.10. The highest BCUT2D eigenvalue weighted by molar-refractivity contribution is 5.81. The number of ketones is 1. The highest BCUT2D eigenvalue weighted by atomic mass is 16.1. The van der Waals surface area contributed by atoms with Crippen molar-refractivity contribution in [1.82, 2.24) is 0 Å². The molecule has 0 bridgehead atoms. The van der Waals surface area contributed by atoms with Crippen molar-refractivity contribution in [2.24, 2.45) is 5.92 Å². The second kappa shape index (κ2) is 8.62. The van der Waals surface area contributed by atoms with Gasteiger partial charge in [-0.25, -0.2) is 0 Å². The lowest BCUT2D eigenvalue weighted by Gasteiger charge is -2.18. The van der Waals surface area contributed by atoms with E-state index in [2.05, 4.69) is 74.2 Å². The Hall–Kier alpha value is -2.67. The molecule has 0 spiro atoms. The first-order chi connectivity index (χ1) is 12.7. The van der Waals surface area contributed by atoms with Gasteiger partial charge in [-0.2, -0.15) is 0 Å². The summed E-state index contributed by atoms with van der Waals surface area (Å²) < 4.78 is 0. The fraction of sp³-hybridized carbons (Fsp3) is 0.240. The maximum absolute atomic E-state index is 12.4. The Labute approximate surface area is 156 Å². The van der Waals surface area contributed by atoms with E-state index in [-0.39, 0.29) is 0 Å². The molecule has 0 aromatic heterocycles. The smallest absolute Gasteiger partial charge is 0.137 e. The van der Waals surface area contributed by atoms with Crippen LogP contribution in [0.25, 0.3) is 5.57 Å². The summed E-state index contributed by atoms with van der Waals surface area (Å²) in [5.41, 5.74) is 6.28. The monoisotopic (exact) mass is 342 g/mol. The summed E-state index contributed by atoms with van der Waals surface area (Å²) in [6.45, 7) is 5.99. The summed E-state index contributed by atoms with van der Waals surface area (Å²) in [5.74, 6) is 0.655. The molecule has 2 aromatic rings. The minimum absolute atomic E-state index is 0.306. The molecule has 0 amide bonds. The van der Waals surface area contributed by atoms with Crippen LogP contribution in [0.1, 0.15) is 36.0 Å². The highest BCUT2D eigenvalue weighted by Crippen LogP contribution is 2.38. The topological polar surface area (TPSA) is 17.1 Å². The lowest BCUT2D eigenvalue weighted by atomic mass is 9.86. The molecule has 3 rings (SSSR count). The molecule has 1 aliphatic rings. The van der Waals surface area contributed by atoms with Crippen LogP contribution in [-0.2, 0) is 11.2 Å². The van der Waals surface area contributed by atoms with E-state index >= 15 is 0 Å². The number of carbonyl (C=O) groups is 1. The fourth-order valence-corrected chi connectivity index (χ4v) is 3.57. The van der Waals surface area contributed by atoms with Gasteiger partial charge in [0, 0.05) is 18.8 Å². The molecule has 0 aliphatic heterocycles. The van der Waals surface area contributed by atoms with E-state index in [1.165, 1.54) is 22.3 Å². The van der Waals surface area contributed by atoms with E-state index in [4.69, 9.17) is 0 Å². The average Bonchev–Trinajstić information content (AvgIpc) is 3.06. The molecule has 0 saturated carbocycles. The lowest BCUT2D eigenvalue weighted by molar-refractivity contribution is -0.118. The summed E-state index contributed by atoms with van der Waals surface area (Å²) in [7, 11) is 0. The van der Waals surface area contributed by atoms with Gasteiger partial charge in [-0.15, -0.1) is 6.58 Å². The Balaban J connectivity index is 1.60. The maximum atomic E-state index is 12.4. The number of carbonyl (C=O) groups excluding carboxylic acids is 1. The first-order valence-corrected chi connectivity index (χ1v) is 9.31.